The molecule has 0 radical (unpaired) electrons. The minimum Gasteiger partial charge on any atom is -0.508 e. The van der Waals surface area contributed by atoms with E-state index in [0.29, 0.717) is 35.9 Å². The first-order chi connectivity index (χ1) is 18.5. The van der Waals surface area contributed by atoms with Crippen molar-refractivity contribution in [3.63, 3.8) is 0 Å². The molecule has 1 aliphatic carbocycles. The van der Waals surface area contributed by atoms with E-state index in [-0.39, 0.29) is 29.1 Å². The number of phenols is 1. The molecule has 2 aliphatic rings. The smallest absolute Gasteiger partial charge is 0.252 e. The van der Waals surface area contributed by atoms with Crippen LogP contribution in [0.15, 0.2) is 48.5 Å². The Kier molecular flexibility index (Phi) is 9.34. The number of β-amino-alcohol motifs (C(OH)–C–C–N with tert-alkyl or cyclic N) is 1. The van der Waals surface area contributed by atoms with E-state index in [9.17, 15) is 19.8 Å². The molecule has 2 aromatic rings. The lowest BCUT2D eigenvalue weighted by Crippen LogP contribution is -2.60. The zero-order chi connectivity index (χ0) is 28.2. The second-order valence-electron chi connectivity index (χ2n) is 12.5. The van der Waals surface area contributed by atoms with Crippen molar-refractivity contribution in [3.05, 3.63) is 65.2 Å². The molecule has 212 valence electrons. The predicted molar refractivity (Wildman–Crippen MR) is 154 cm³/mol. The summed E-state index contributed by atoms with van der Waals surface area (Å²) in [5.41, 5.74) is 1.54. The number of phenolic OH excluding ortho intramolecular Hbond substituents is 1. The number of amides is 2. The molecule has 4 rings (SSSR count). The fourth-order valence-corrected chi connectivity index (χ4v) is 6.26. The second-order valence-corrected chi connectivity index (χ2v) is 12.5. The van der Waals surface area contributed by atoms with Crippen molar-refractivity contribution < 1.29 is 19.8 Å². The van der Waals surface area contributed by atoms with E-state index < -0.39 is 12.1 Å². The van der Waals surface area contributed by atoms with Gasteiger partial charge >= 0.3 is 0 Å². The lowest BCUT2D eigenvalue weighted by atomic mass is 9.72. The van der Waals surface area contributed by atoms with E-state index in [2.05, 4.69) is 15.5 Å². The standard InChI is InChI=1S/C32H45N3O4/c1-21-25(15-10-16-28(21)36)30(38)33-26(17-22-11-6-5-7-12-22)29(37)20-35-19-24-14-9-8-13-23(24)18-27(35)31(39)34-32(2,3)4/h5-7,10-12,15-16,23-24,26-27,29,36-37H,8-9,13-14,17-20H2,1-4H3,(H,33,38)(H,34,39)/t23?,24?,26?,27-,29?/m0/s1. The molecule has 1 heterocycles. The molecule has 2 amide bonds. The van der Waals surface area contributed by atoms with Crippen LogP contribution in [0.3, 0.4) is 0 Å². The van der Waals surface area contributed by atoms with E-state index in [1.54, 1.807) is 25.1 Å². The summed E-state index contributed by atoms with van der Waals surface area (Å²) in [6.45, 7) is 8.75. The van der Waals surface area contributed by atoms with Gasteiger partial charge in [-0.25, -0.2) is 0 Å². The molecule has 2 aromatic carbocycles. The molecular formula is C32H45N3O4. The second kappa shape index (κ2) is 12.5. The van der Waals surface area contributed by atoms with Gasteiger partial charge in [-0.3, -0.25) is 14.5 Å². The Bertz CT molecular complexity index is 1130. The summed E-state index contributed by atoms with van der Waals surface area (Å²) in [4.78, 5) is 28.9. The Morgan fingerprint density at radius 1 is 1.03 bits per heavy atom. The first-order valence-corrected chi connectivity index (χ1v) is 14.4. The van der Waals surface area contributed by atoms with Crippen molar-refractivity contribution in [2.45, 2.75) is 89.9 Å². The monoisotopic (exact) mass is 535 g/mol. The molecule has 4 N–H and O–H groups in total. The molecular weight excluding hydrogens is 490 g/mol. The Morgan fingerprint density at radius 2 is 1.72 bits per heavy atom. The average molecular weight is 536 g/mol. The largest absolute Gasteiger partial charge is 0.508 e. The van der Waals surface area contributed by atoms with Gasteiger partial charge in [0.2, 0.25) is 5.91 Å². The van der Waals surface area contributed by atoms with Gasteiger partial charge < -0.3 is 20.8 Å². The van der Waals surface area contributed by atoms with E-state index in [0.717, 1.165) is 31.4 Å². The molecule has 1 aliphatic heterocycles. The van der Waals surface area contributed by atoms with Crippen LogP contribution in [0, 0.1) is 18.8 Å². The SMILES string of the molecule is Cc1c(O)cccc1C(=O)NC(Cc1ccccc1)C(O)CN1CC2CCCCC2C[C@H]1C(=O)NC(C)(C)C. The first-order valence-electron chi connectivity index (χ1n) is 14.4. The van der Waals surface area contributed by atoms with Gasteiger partial charge in [-0.1, -0.05) is 55.7 Å². The molecule has 0 aromatic heterocycles. The molecule has 0 bridgehead atoms. The number of benzene rings is 2. The summed E-state index contributed by atoms with van der Waals surface area (Å²) in [5.74, 6) is 0.804. The van der Waals surface area contributed by atoms with Crippen LogP contribution >= 0.6 is 0 Å². The number of carbonyl (C=O) groups excluding carboxylic acids is 2. The van der Waals surface area contributed by atoms with Crippen LogP contribution in [-0.2, 0) is 11.2 Å². The topological polar surface area (TPSA) is 102 Å². The number of aliphatic hydroxyl groups is 1. The van der Waals surface area contributed by atoms with Crippen molar-refractivity contribution in [3.8, 4) is 5.75 Å². The number of hydrogen-bond donors (Lipinski definition) is 4. The Balaban J connectivity index is 1.56. The van der Waals surface area contributed by atoms with Crippen molar-refractivity contribution in [2.75, 3.05) is 13.1 Å². The van der Waals surface area contributed by atoms with Crippen molar-refractivity contribution >= 4 is 11.8 Å². The summed E-state index contributed by atoms with van der Waals surface area (Å²) in [6, 6.07) is 13.8. The van der Waals surface area contributed by atoms with E-state index in [1.807, 2.05) is 51.1 Å². The lowest BCUT2D eigenvalue weighted by Gasteiger charge is -2.47. The number of hydrogen-bond acceptors (Lipinski definition) is 5. The highest BCUT2D eigenvalue weighted by molar-refractivity contribution is 5.96. The number of likely N-dealkylation sites (tertiary alicyclic amines) is 1. The summed E-state index contributed by atoms with van der Waals surface area (Å²) < 4.78 is 0. The minimum absolute atomic E-state index is 0.0118. The molecule has 1 saturated carbocycles. The molecule has 1 saturated heterocycles. The molecule has 7 nitrogen and oxygen atoms in total. The van der Waals surface area contributed by atoms with Crippen LogP contribution in [0.25, 0.3) is 0 Å². The molecule has 7 heteroatoms. The van der Waals surface area contributed by atoms with Crippen LogP contribution in [0.1, 0.15) is 74.4 Å². The quantitative estimate of drug-likeness (QED) is 0.406. The van der Waals surface area contributed by atoms with Gasteiger partial charge in [0.05, 0.1) is 18.2 Å². The Labute approximate surface area is 233 Å². The number of carbonyl (C=O) groups is 2. The van der Waals surface area contributed by atoms with Crippen LogP contribution in [-0.4, -0.2) is 63.7 Å². The maximum Gasteiger partial charge on any atom is 0.252 e. The predicted octanol–water partition coefficient (Wildman–Crippen LogP) is 4.20. The minimum atomic E-state index is -0.892. The maximum absolute atomic E-state index is 13.4. The Hall–Kier alpha value is -2.90. The lowest BCUT2D eigenvalue weighted by molar-refractivity contribution is -0.132. The van der Waals surface area contributed by atoms with Gasteiger partial charge in [0.15, 0.2) is 0 Å². The summed E-state index contributed by atoms with van der Waals surface area (Å²) in [7, 11) is 0. The number of rotatable bonds is 8. The number of nitrogens with one attached hydrogen (secondary N) is 2. The third kappa shape index (κ3) is 7.61. The molecule has 0 spiro atoms. The molecule has 5 atom stereocenters. The average Bonchev–Trinajstić information content (AvgIpc) is 2.89. The summed E-state index contributed by atoms with van der Waals surface area (Å²) in [5, 5.41) is 28.0. The van der Waals surface area contributed by atoms with Crippen molar-refractivity contribution in [1.29, 1.82) is 0 Å². The summed E-state index contributed by atoms with van der Waals surface area (Å²) >= 11 is 0. The fourth-order valence-electron chi connectivity index (χ4n) is 6.26. The van der Waals surface area contributed by atoms with Crippen LogP contribution in [0.5, 0.6) is 5.75 Å². The third-order valence-electron chi connectivity index (χ3n) is 8.35. The highest BCUT2D eigenvalue weighted by Gasteiger charge is 2.41. The highest BCUT2D eigenvalue weighted by Crippen LogP contribution is 2.39. The normalized spacial score (nSPS) is 23.4. The molecule has 39 heavy (non-hydrogen) atoms. The zero-order valence-corrected chi connectivity index (χ0v) is 23.8. The van der Waals surface area contributed by atoms with E-state index in [4.69, 9.17) is 0 Å². The number of nitrogens with zero attached hydrogens (tertiary/aromatic N) is 1. The zero-order valence-electron chi connectivity index (χ0n) is 23.8. The summed E-state index contributed by atoms with van der Waals surface area (Å²) in [6.07, 6.45) is 5.12. The van der Waals surface area contributed by atoms with Gasteiger partial charge in [0, 0.05) is 29.8 Å². The molecule has 2 fully saturated rings. The van der Waals surface area contributed by atoms with Gasteiger partial charge in [-0.15, -0.1) is 0 Å². The first kappa shape index (κ1) is 29.1. The number of piperidine rings is 1. The number of aliphatic hydroxyl groups excluding tert-OH is 1. The van der Waals surface area contributed by atoms with Crippen molar-refractivity contribution in [2.24, 2.45) is 11.8 Å². The molecule has 4 unspecified atom stereocenters. The Morgan fingerprint density at radius 3 is 2.41 bits per heavy atom. The fraction of sp³-hybridized carbons (Fsp3) is 0.562. The van der Waals surface area contributed by atoms with Crippen LogP contribution < -0.4 is 10.6 Å². The van der Waals surface area contributed by atoms with Crippen LogP contribution in [0.2, 0.25) is 0 Å². The number of fused-ring (bicyclic) bond motifs is 1. The van der Waals surface area contributed by atoms with Gasteiger partial charge in [0.25, 0.3) is 5.91 Å². The van der Waals surface area contributed by atoms with Gasteiger partial charge in [-0.2, -0.15) is 0 Å². The van der Waals surface area contributed by atoms with Gasteiger partial charge in [0.1, 0.15) is 5.75 Å². The van der Waals surface area contributed by atoms with E-state index in [1.165, 1.54) is 12.8 Å². The van der Waals surface area contributed by atoms with Gasteiger partial charge in [-0.05, 0) is 76.5 Å². The van der Waals surface area contributed by atoms with Crippen molar-refractivity contribution in [1.82, 2.24) is 15.5 Å². The third-order valence-corrected chi connectivity index (χ3v) is 8.35. The number of aromatic hydroxyl groups is 1. The van der Waals surface area contributed by atoms with E-state index >= 15 is 0 Å². The maximum atomic E-state index is 13.4. The highest BCUT2D eigenvalue weighted by atomic mass is 16.3. The van der Waals surface area contributed by atoms with Crippen LogP contribution in [0.4, 0.5) is 0 Å².